The lowest BCUT2D eigenvalue weighted by molar-refractivity contribution is -0.0710. The molecule has 7 heteroatoms. The van der Waals surface area contributed by atoms with Crippen molar-refractivity contribution >= 4 is 37.5 Å². The number of alkyl halides is 2. The van der Waals surface area contributed by atoms with Crippen LogP contribution >= 0.6 is 31.9 Å². The van der Waals surface area contributed by atoms with E-state index in [4.69, 9.17) is 16.6 Å². The molecule has 1 atom stereocenters. The molecule has 0 aliphatic carbocycles. The van der Waals surface area contributed by atoms with Gasteiger partial charge < -0.3 is 16.6 Å². The lowest BCUT2D eigenvalue weighted by Crippen LogP contribution is -2.36. The number of nitrogens with two attached hydrogens (primary N) is 2. The van der Waals surface area contributed by atoms with E-state index in [9.17, 15) is 8.78 Å². The quantitative estimate of drug-likeness (QED) is 0.726. The van der Waals surface area contributed by atoms with Crippen molar-refractivity contribution in [3.63, 3.8) is 0 Å². The predicted molar refractivity (Wildman–Crippen MR) is 65.2 cm³/mol. The van der Waals surface area contributed by atoms with Crippen LogP contribution in [0.15, 0.2) is 21.1 Å². The van der Waals surface area contributed by atoms with Crippen LogP contribution in [0, 0.1) is 0 Å². The summed E-state index contributed by atoms with van der Waals surface area (Å²) in [5, 5.41) is 8.56. The smallest absolute Gasteiger partial charge is 0.289 e. The van der Waals surface area contributed by atoms with Crippen LogP contribution in [0.3, 0.4) is 0 Å². The van der Waals surface area contributed by atoms with Crippen LogP contribution in [0.4, 0.5) is 14.5 Å². The minimum Gasteiger partial charge on any atom is -0.398 e. The van der Waals surface area contributed by atoms with Crippen molar-refractivity contribution in [3.8, 4) is 0 Å². The average molecular weight is 360 g/mol. The molecule has 0 saturated carbocycles. The zero-order valence-corrected chi connectivity index (χ0v) is 11.2. The van der Waals surface area contributed by atoms with Gasteiger partial charge in [0.25, 0.3) is 5.92 Å². The highest BCUT2D eigenvalue weighted by molar-refractivity contribution is 9.11. The summed E-state index contributed by atoms with van der Waals surface area (Å²) in [7, 11) is 0. The molecule has 16 heavy (non-hydrogen) atoms. The fourth-order valence-corrected chi connectivity index (χ4v) is 2.45. The number of anilines is 1. The molecule has 1 aromatic rings. The molecule has 0 fully saturated rings. The highest BCUT2D eigenvalue weighted by atomic mass is 79.9. The lowest BCUT2D eigenvalue weighted by atomic mass is 10.0. The maximum Gasteiger partial charge on any atom is 0.289 e. The molecule has 0 bridgehead atoms. The summed E-state index contributed by atoms with van der Waals surface area (Å²) in [5.41, 5.74) is 11.3. The summed E-state index contributed by atoms with van der Waals surface area (Å²) in [6, 6.07) is 1.39. The number of hydrogen-bond donors (Lipinski definition) is 3. The third-order valence-electron chi connectivity index (χ3n) is 2.13. The number of aliphatic hydroxyl groups is 1. The molecule has 0 heterocycles. The van der Waals surface area contributed by atoms with Crippen LogP contribution < -0.4 is 11.5 Å². The van der Waals surface area contributed by atoms with Gasteiger partial charge in [-0.05, 0) is 28.1 Å². The zero-order valence-electron chi connectivity index (χ0n) is 8.05. The lowest BCUT2D eigenvalue weighted by Gasteiger charge is -2.23. The maximum atomic E-state index is 13.2. The molecule has 0 saturated heterocycles. The van der Waals surface area contributed by atoms with Gasteiger partial charge in [-0.1, -0.05) is 15.9 Å². The highest BCUT2D eigenvalue weighted by Gasteiger charge is 2.38. The van der Waals surface area contributed by atoms with Gasteiger partial charge in [0.15, 0.2) is 0 Å². The molecule has 0 radical (unpaired) electrons. The Balaban J connectivity index is 3.23. The van der Waals surface area contributed by atoms with E-state index in [-0.39, 0.29) is 11.3 Å². The second-order valence-electron chi connectivity index (χ2n) is 3.29. The summed E-state index contributed by atoms with van der Waals surface area (Å²) < 4.78 is 27.5. The number of rotatable bonds is 3. The van der Waals surface area contributed by atoms with Crippen LogP contribution in [0.5, 0.6) is 0 Å². The third kappa shape index (κ3) is 2.71. The Labute approximate surface area is 108 Å². The van der Waals surface area contributed by atoms with Crippen LogP contribution in [0.1, 0.15) is 11.6 Å². The van der Waals surface area contributed by atoms with Crippen molar-refractivity contribution in [1.29, 1.82) is 0 Å². The first kappa shape index (κ1) is 13.8. The first-order valence-corrected chi connectivity index (χ1v) is 5.87. The maximum absolute atomic E-state index is 13.2. The van der Waals surface area contributed by atoms with E-state index in [2.05, 4.69) is 31.9 Å². The molecular weight excluding hydrogens is 350 g/mol. The molecule has 90 valence electrons. The molecule has 1 rings (SSSR count). The number of halogens is 4. The standard InChI is InChI=1S/C9H10Br2F2N2O/c10-4-1-5(7(14)6(11)2-4)8(15)9(12,13)3-16/h1-2,8,16H,3,14-15H2/t8-/m1/s1. The van der Waals surface area contributed by atoms with Gasteiger partial charge in [0.2, 0.25) is 0 Å². The number of benzene rings is 1. The van der Waals surface area contributed by atoms with E-state index in [0.717, 1.165) is 0 Å². The molecule has 0 amide bonds. The summed E-state index contributed by atoms with van der Waals surface area (Å²) in [5.74, 6) is -3.41. The minimum atomic E-state index is -3.41. The largest absolute Gasteiger partial charge is 0.398 e. The minimum absolute atomic E-state index is 0.0836. The van der Waals surface area contributed by atoms with Crippen LogP contribution in [0.25, 0.3) is 0 Å². The summed E-state index contributed by atoms with van der Waals surface area (Å²) in [6.07, 6.45) is 0. The molecule has 0 aromatic heterocycles. The molecule has 0 spiro atoms. The molecule has 5 N–H and O–H groups in total. The van der Waals surface area contributed by atoms with Gasteiger partial charge in [-0.3, -0.25) is 0 Å². The van der Waals surface area contributed by atoms with E-state index in [1.54, 1.807) is 6.07 Å². The normalized spacial score (nSPS) is 13.9. The van der Waals surface area contributed by atoms with Crippen molar-refractivity contribution in [1.82, 2.24) is 0 Å². The van der Waals surface area contributed by atoms with Crippen LogP contribution in [-0.2, 0) is 0 Å². The Hall–Kier alpha value is -0.240. The molecule has 0 aliphatic rings. The van der Waals surface area contributed by atoms with Gasteiger partial charge in [-0.25, -0.2) is 8.78 Å². The van der Waals surface area contributed by atoms with Gasteiger partial charge in [0, 0.05) is 14.5 Å². The van der Waals surface area contributed by atoms with Gasteiger partial charge >= 0.3 is 0 Å². The van der Waals surface area contributed by atoms with E-state index in [1.165, 1.54) is 6.07 Å². The van der Waals surface area contributed by atoms with Gasteiger partial charge in [-0.15, -0.1) is 0 Å². The summed E-state index contributed by atoms with van der Waals surface area (Å²) in [6.45, 7) is -1.32. The van der Waals surface area contributed by atoms with Gasteiger partial charge in [0.05, 0.1) is 11.7 Å². The summed E-state index contributed by atoms with van der Waals surface area (Å²) in [4.78, 5) is 0. The highest BCUT2D eigenvalue weighted by Crippen LogP contribution is 2.37. The van der Waals surface area contributed by atoms with Crippen molar-refractivity contribution in [3.05, 3.63) is 26.6 Å². The predicted octanol–water partition coefficient (Wildman–Crippen LogP) is 2.42. The van der Waals surface area contributed by atoms with E-state index < -0.39 is 18.6 Å². The van der Waals surface area contributed by atoms with E-state index in [0.29, 0.717) is 8.95 Å². The molecule has 0 unspecified atom stereocenters. The zero-order chi connectivity index (χ0) is 12.5. The topological polar surface area (TPSA) is 72.3 Å². The van der Waals surface area contributed by atoms with Gasteiger partial charge in [0.1, 0.15) is 6.61 Å². The Bertz CT molecular complexity index is 401. The van der Waals surface area contributed by atoms with Crippen molar-refractivity contribution in [2.45, 2.75) is 12.0 Å². The van der Waals surface area contributed by atoms with Crippen LogP contribution in [-0.4, -0.2) is 17.6 Å². The van der Waals surface area contributed by atoms with Crippen molar-refractivity contribution < 1.29 is 13.9 Å². The Morgan fingerprint density at radius 1 is 1.38 bits per heavy atom. The number of aliphatic hydroxyl groups excluding tert-OH is 1. The monoisotopic (exact) mass is 358 g/mol. The van der Waals surface area contributed by atoms with E-state index in [1.807, 2.05) is 0 Å². The average Bonchev–Trinajstić information content (AvgIpc) is 2.22. The van der Waals surface area contributed by atoms with Crippen molar-refractivity contribution in [2.75, 3.05) is 12.3 Å². The molecule has 1 aromatic carbocycles. The van der Waals surface area contributed by atoms with Gasteiger partial charge in [-0.2, -0.15) is 0 Å². The molecule has 0 aliphatic heterocycles. The van der Waals surface area contributed by atoms with Crippen molar-refractivity contribution in [2.24, 2.45) is 5.73 Å². The third-order valence-corrected chi connectivity index (χ3v) is 3.24. The summed E-state index contributed by atoms with van der Waals surface area (Å²) >= 11 is 6.29. The van der Waals surface area contributed by atoms with E-state index >= 15 is 0 Å². The molecule has 3 nitrogen and oxygen atoms in total. The Morgan fingerprint density at radius 2 is 1.94 bits per heavy atom. The SMILES string of the molecule is Nc1c(Br)cc(Br)cc1[C@@H](N)C(F)(F)CO. The first-order chi connectivity index (χ1) is 7.29. The second-order valence-corrected chi connectivity index (χ2v) is 5.06. The van der Waals surface area contributed by atoms with Crippen LogP contribution in [0.2, 0.25) is 0 Å². The fourth-order valence-electron chi connectivity index (χ4n) is 1.19. The molecular formula is C9H10Br2F2N2O. The fraction of sp³-hybridized carbons (Fsp3) is 0.333. The Kier molecular flexibility index (Phi) is 4.28. The first-order valence-electron chi connectivity index (χ1n) is 4.28. The second kappa shape index (κ2) is 4.95. The number of nitrogen functional groups attached to an aromatic ring is 1. The Morgan fingerprint density at radius 3 is 2.44 bits per heavy atom. The number of hydrogen-bond acceptors (Lipinski definition) is 3.